The highest BCUT2D eigenvalue weighted by Gasteiger charge is 2.00. The van der Waals surface area contributed by atoms with Crippen molar-refractivity contribution < 1.29 is 9.90 Å². The number of benzene rings is 2. The number of amides is 1. The van der Waals surface area contributed by atoms with Crippen LogP contribution in [0.1, 0.15) is 28.9 Å². The molecule has 1 amide bonds. The minimum absolute atomic E-state index is 0.114. The van der Waals surface area contributed by atoms with Gasteiger partial charge in [0.2, 0.25) is 0 Å². The van der Waals surface area contributed by atoms with Crippen LogP contribution in [0.3, 0.4) is 0 Å². The maximum atomic E-state index is 11.0. The molecule has 0 radical (unpaired) electrons. The van der Waals surface area contributed by atoms with E-state index in [2.05, 4.69) is 10.6 Å². The fourth-order valence-corrected chi connectivity index (χ4v) is 1.78. The fourth-order valence-electron chi connectivity index (χ4n) is 1.78. The van der Waals surface area contributed by atoms with Gasteiger partial charge in [-0.05, 0) is 42.8 Å². The normalized spacial score (nSPS) is 10.9. The molecule has 1 atom stereocenters. The average Bonchev–Trinajstić information content (AvgIpc) is 2.54. The summed E-state index contributed by atoms with van der Waals surface area (Å²) in [5.41, 5.74) is 8.64. The van der Waals surface area contributed by atoms with Crippen LogP contribution in [0, 0.1) is 0 Å². The molecule has 5 nitrogen and oxygen atoms in total. The quantitative estimate of drug-likeness (QED) is 0.656. The molecule has 0 bridgehead atoms. The Morgan fingerprint density at radius 3 is 2.36 bits per heavy atom. The SMILES string of the molecule is CNC(=O)c1cccc(N)c1.CNc1cccc(C(C)O)c1. The molecular weight excluding hydrogens is 278 g/mol. The van der Waals surface area contributed by atoms with E-state index in [1.807, 2.05) is 31.3 Å². The molecule has 1 unspecified atom stereocenters. The number of nitrogen functional groups attached to an aromatic ring is 1. The molecule has 118 valence electrons. The second-order valence-electron chi connectivity index (χ2n) is 4.76. The van der Waals surface area contributed by atoms with Gasteiger partial charge in [0.05, 0.1) is 6.10 Å². The van der Waals surface area contributed by atoms with Gasteiger partial charge in [-0.2, -0.15) is 0 Å². The third-order valence-electron chi connectivity index (χ3n) is 3.03. The van der Waals surface area contributed by atoms with E-state index in [-0.39, 0.29) is 12.0 Å². The molecule has 0 saturated carbocycles. The number of rotatable bonds is 3. The summed E-state index contributed by atoms with van der Waals surface area (Å²) >= 11 is 0. The highest BCUT2D eigenvalue weighted by Crippen LogP contribution is 2.15. The van der Waals surface area contributed by atoms with E-state index < -0.39 is 0 Å². The summed E-state index contributed by atoms with van der Waals surface area (Å²) in [6.45, 7) is 1.76. The summed E-state index contributed by atoms with van der Waals surface area (Å²) in [4.78, 5) is 11.0. The molecule has 2 rings (SSSR count). The van der Waals surface area contributed by atoms with Gasteiger partial charge in [-0.25, -0.2) is 0 Å². The van der Waals surface area contributed by atoms with Crippen LogP contribution in [-0.4, -0.2) is 25.1 Å². The third kappa shape index (κ3) is 5.46. The Morgan fingerprint density at radius 1 is 1.14 bits per heavy atom. The van der Waals surface area contributed by atoms with Crippen molar-refractivity contribution in [3.8, 4) is 0 Å². The Balaban J connectivity index is 0.000000220. The van der Waals surface area contributed by atoms with E-state index >= 15 is 0 Å². The third-order valence-corrected chi connectivity index (χ3v) is 3.03. The van der Waals surface area contributed by atoms with E-state index in [9.17, 15) is 9.90 Å². The molecule has 0 fully saturated rings. The first-order valence-corrected chi connectivity index (χ1v) is 7.01. The lowest BCUT2D eigenvalue weighted by molar-refractivity contribution is 0.0963. The minimum atomic E-state index is -0.386. The van der Waals surface area contributed by atoms with Gasteiger partial charge in [0, 0.05) is 31.0 Å². The molecule has 0 aromatic heterocycles. The standard InChI is InChI=1S/C9H13NO.C8H10N2O/c1-7(11)8-4-3-5-9(6-8)10-2;1-10-8(11)6-3-2-4-7(9)5-6/h3-7,10-11H,1-2H3;2-5H,9H2,1H3,(H,10,11). The summed E-state index contributed by atoms with van der Waals surface area (Å²) in [5, 5.41) is 14.7. The van der Waals surface area contributed by atoms with Crippen LogP contribution in [0.4, 0.5) is 11.4 Å². The average molecular weight is 301 g/mol. The predicted molar refractivity (Wildman–Crippen MR) is 90.9 cm³/mol. The van der Waals surface area contributed by atoms with Crippen molar-refractivity contribution in [2.24, 2.45) is 0 Å². The van der Waals surface area contributed by atoms with Crippen molar-refractivity contribution in [2.75, 3.05) is 25.1 Å². The van der Waals surface area contributed by atoms with Gasteiger partial charge in [0.25, 0.3) is 5.91 Å². The number of anilines is 2. The van der Waals surface area contributed by atoms with Gasteiger partial charge in [0.1, 0.15) is 0 Å². The minimum Gasteiger partial charge on any atom is -0.399 e. The number of nitrogens with one attached hydrogen (secondary N) is 2. The van der Waals surface area contributed by atoms with Gasteiger partial charge in [0.15, 0.2) is 0 Å². The molecule has 0 aliphatic rings. The number of hydrogen-bond acceptors (Lipinski definition) is 4. The highest BCUT2D eigenvalue weighted by molar-refractivity contribution is 5.94. The van der Waals surface area contributed by atoms with Crippen molar-refractivity contribution in [3.63, 3.8) is 0 Å². The van der Waals surface area contributed by atoms with Gasteiger partial charge >= 0.3 is 0 Å². The summed E-state index contributed by atoms with van der Waals surface area (Å²) in [6, 6.07) is 14.6. The number of aliphatic hydroxyl groups excluding tert-OH is 1. The molecule has 0 aliphatic heterocycles. The van der Waals surface area contributed by atoms with E-state index in [0.717, 1.165) is 11.3 Å². The number of carbonyl (C=O) groups excluding carboxylic acids is 1. The Morgan fingerprint density at radius 2 is 1.82 bits per heavy atom. The van der Waals surface area contributed by atoms with Crippen molar-refractivity contribution in [3.05, 3.63) is 59.7 Å². The van der Waals surface area contributed by atoms with Gasteiger partial charge in [-0.15, -0.1) is 0 Å². The number of hydrogen-bond donors (Lipinski definition) is 4. The number of aliphatic hydroxyl groups is 1. The largest absolute Gasteiger partial charge is 0.399 e. The van der Waals surface area contributed by atoms with Crippen LogP contribution < -0.4 is 16.4 Å². The molecule has 0 aliphatic carbocycles. The van der Waals surface area contributed by atoms with Crippen molar-refractivity contribution in [1.82, 2.24) is 5.32 Å². The lowest BCUT2D eigenvalue weighted by Crippen LogP contribution is -2.17. The summed E-state index contributed by atoms with van der Waals surface area (Å²) in [7, 11) is 3.45. The molecule has 0 spiro atoms. The first kappa shape index (κ1) is 17.5. The van der Waals surface area contributed by atoms with Crippen LogP contribution in [0.15, 0.2) is 48.5 Å². The summed E-state index contributed by atoms with van der Waals surface area (Å²) < 4.78 is 0. The van der Waals surface area contributed by atoms with Crippen molar-refractivity contribution in [2.45, 2.75) is 13.0 Å². The van der Waals surface area contributed by atoms with Crippen LogP contribution >= 0.6 is 0 Å². The smallest absolute Gasteiger partial charge is 0.251 e. The molecule has 5 heteroatoms. The maximum absolute atomic E-state index is 11.0. The lowest BCUT2D eigenvalue weighted by Gasteiger charge is -2.06. The first-order chi connectivity index (χ1) is 10.5. The maximum Gasteiger partial charge on any atom is 0.251 e. The molecule has 2 aromatic carbocycles. The zero-order chi connectivity index (χ0) is 16.5. The zero-order valence-electron chi connectivity index (χ0n) is 13.1. The van der Waals surface area contributed by atoms with Crippen LogP contribution in [0.5, 0.6) is 0 Å². The van der Waals surface area contributed by atoms with E-state index in [4.69, 9.17) is 5.73 Å². The number of nitrogens with two attached hydrogens (primary N) is 1. The second kappa shape index (κ2) is 8.69. The lowest BCUT2D eigenvalue weighted by atomic mass is 10.1. The molecular formula is C17H23N3O2. The van der Waals surface area contributed by atoms with Crippen LogP contribution in [0.25, 0.3) is 0 Å². The molecule has 5 N–H and O–H groups in total. The Hall–Kier alpha value is -2.53. The van der Waals surface area contributed by atoms with Crippen molar-refractivity contribution in [1.29, 1.82) is 0 Å². The molecule has 2 aromatic rings. The van der Waals surface area contributed by atoms with Gasteiger partial charge in [-0.1, -0.05) is 18.2 Å². The number of carbonyl (C=O) groups is 1. The molecule has 0 saturated heterocycles. The van der Waals surface area contributed by atoms with Gasteiger partial charge < -0.3 is 21.5 Å². The predicted octanol–water partition coefficient (Wildman–Crippen LogP) is 2.41. The topological polar surface area (TPSA) is 87.4 Å². The summed E-state index contributed by atoms with van der Waals surface area (Å²) in [6.07, 6.45) is -0.386. The zero-order valence-corrected chi connectivity index (χ0v) is 13.1. The Kier molecular flexibility index (Phi) is 6.92. The van der Waals surface area contributed by atoms with E-state index in [0.29, 0.717) is 11.3 Å². The molecule has 0 heterocycles. The highest BCUT2D eigenvalue weighted by atomic mass is 16.3. The molecule has 22 heavy (non-hydrogen) atoms. The first-order valence-electron chi connectivity index (χ1n) is 7.01. The second-order valence-corrected chi connectivity index (χ2v) is 4.76. The fraction of sp³-hybridized carbons (Fsp3) is 0.235. The van der Waals surface area contributed by atoms with Crippen LogP contribution in [-0.2, 0) is 0 Å². The summed E-state index contributed by atoms with van der Waals surface area (Å²) in [5.74, 6) is -0.114. The van der Waals surface area contributed by atoms with Crippen LogP contribution in [0.2, 0.25) is 0 Å². The van der Waals surface area contributed by atoms with Crippen molar-refractivity contribution >= 4 is 17.3 Å². The Bertz CT molecular complexity index is 612. The Labute approximate surface area is 131 Å². The van der Waals surface area contributed by atoms with E-state index in [1.165, 1.54) is 0 Å². The van der Waals surface area contributed by atoms with E-state index in [1.54, 1.807) is 38.2 Å². The monoisotopic (exact) mass is 301 g/mol. The van der Waals surface area contributed by atoms with Gasteiger partial charge in [-0.3, -0.25) is 4.79 Å².